The highest BCUT2D eigenvalue weighted by atomic mass is 32.1. The second kappa shape index (κ2) is 10.4. The molecule has 33 heavy (non-hydrogen) atoms. The van der Waals surface area contributed by atoms with E-state index >= 15 is 0 Å². The Labute approximate surface area is 197 Å². The van der Waals surface area contributed by atoms with E-state index in [1.165, 1.54) is 23.5 Å². The van der Waals surface area contributed by atoms with Crippen molar-refractivity contribution in [2.75, 3.05) is 11.9 Å². The van der Waals surface area contributed by atoms with Gasteiger partial charge in [0.25, 0.3) is 0 Å². The molecule has 0 saturated heterocycles. The van der Waals surface area contributed by atoms with Crippen LogP contribution in [0.1, 0.15) is 39.1 Å². The van der Waals surface area contributed by atoms with Gasteiger partial charge >= 0.3 is 6.09 Å². The van der Waals surface area contributed by atoms with Crippen LogP contribution in [-0.2, 0) is 11.3 Å². The molecule has 0 aliphatic heterocycles. The van der Waals surface area contributed by atoms with Crippen LogP contribution in [0.4, 0.5) is 14.3 Å². The number of alkyl carbamates (subject to hydrolysis) is 1. The van der Waals surface area contributed by atoms with E-state index in [4.69, 9.17) is 4.74 Å². The molecule has 0 spiro atoms. The van der Waals surface area contributed by atoms with Crippen molar-refractivity contribution < 1.29 is 13.9 Å². The van der Waals surface area contributed by atoms with Gasteiger partial charge in [0, 0.05) is 25.0 Å². The Hall–Kier alpha value is -3.46. The van der Waals surface area contributed by atoms with Gasteiger partial charge in [0.1, 0.15) is 11.4 Å². The minimum Gasteiger partial charge on any atom is -0.444 e. The highest BCUT2D eigenvalue weighted by Gasteiger charge is 2.16. The van der Waals surface area contributed by atoms with Crippen LogP contribution >= 0.6 is 11.3 Å². The third kappa shape index (κ3) is 7.01. The summed E-state index contributed by atoms with van der Waals surface area (Å²) < 4.78 is 20.4. The first kappa shape index (κ1) is 24.2. The SMILES string of the molecule is C=Cc1ncn(CCNC(=O)OC(C)(C)C)c1/C=C(\C)Nc1ncc(-c2ccc(F)cc2)s1. The fraction of sp³-hybridized carbons (Fsp3) is 0.292. The highest BCUT2D eigenvalue weighted by Crippen LogP contribution is 2.30. The molecule has 3 aromatic rings. The monoisotopic (exact) mass is 469 g/mol. The summed E-state index contributed by atoms with van der Waals surface area (Å²) in [5.74, 6) is -0.267. The first-order chi connectivity index (χ1) is 15.6. The number of amides is 1. The number of anilines is 1. The zero-order chi connectivity index (χ0) is 24.0. The van der Waals surface area contributed by atoms with Gasteiger partial charge in [-0.2, -0.15) is 0 Å². The Morgan fingerprint density at radius 3 is 2.67 bits per heavy atom. The van der Waals surface area contributed by atoms with Crippen molar-refractivity contribution in [2.45, 2.75) is 39.8 Å². The lowest BCUT2D eigenvalue weighted by Crippen LogP contribution is -2.34. The maximum absolute atomic E-state index is 13.2. The smallest absolute Gasteiger partial charge is 0.407 e. The van der Waals surface area contributed by atoms with Crippen LogP contribution in [0.25, 0.3) is 22.6 Å². The number of carbonyl (C=O) groups excluding carboxylic acids is 1. The molecule has 0 radical (unpaired) electrons. The van der Waals surface area contributed by atoms with Gasteiger partial charge in [-0.15, -0.1) is 0 Å². The molecule has 9 heteroatoms. The molecule has 0 fully saturated rings. The molecule has 1 amide bonds. The number of nitrogens with zero attached hydrogens (tertiary/aromatic N) is 3. The standard InChI is InChI=1S/C24H28FN5O2S/c1-6-19-20(30(15-28-19)12-11-26-23(31)32-24(3,4)5)13-16(2)29-22-27-14-21(33-22)17-7-9-18(25)10-8-17/h6-10,13-15H,1,11-12H2,2-5H3,(H,26,31)(H,27,29)/b16-13+. The zero-order valence-electron chi connectivity index (χ0n) is 19.2. The van der Waals surface area contributed by atoms with Gasteiger partial charge in [0.15, 0.2) is 5.13 Å². The Balaban J connectivity index is 1.67. The Morgan fingerprint density at radius 2 is 2.00 bits per heavy atom. The molecule has 3 rings (SSSR count). The fourth-order valence-corrected chi connectivity index (χ4v) is 3.87. The van der Waals surface area contributed by atoms with Crippen molar-refractivity contribution >= 4 is 34.7 Å². The number of carbonyl (C=O) groups is 1. The minimum atomic E-state index is -0.543. The molecule has 0 aliphatic rings. The Kier molecular flexibility index (Phi) is 7.65. The number of rotatable bonds is 8. The molecule has 0 atom stereocenters. The summed E-state index contributed by atoms with van der Waals surface area (Å²) in [6, 6.07) is 6.33. The lowest BCUT2D eigenvalue weighted by Gasteiger charge is -2.19. The van der Waals surface area contributed by atoms with Gasteiger partial charge in [-0.05, 0) is 57.5 Å². The summed E-state index contributed by atoms with van der Waals surface area (Å²) in [5, 5.41) is 6.77. The summed E-state index contributed by atoms with van der Waals surface area (Å²) in [4.78, 5) is 21.6. The first-order valence-electron chi connectivity index (χ1n) is 10.5. The quantitative estimate of drug-likeness (QED) is 0.437. The average Bonchev–Trinajstić information content (AvgIpc) is 3.34. The third-order valence-corrected chi connectivity index (χ3v) is 5.38. The van der Waals surface area contributed by atoms with Gasteiger partial charge in [-0.25, -0.2) is 19.2 Å². The lowest BCUT2D eigenvalue weighted by atomic mass is 10.2. The second-order valence-electron chi connectivity index (χ2n) is 8.33. The summed E-state index contributed by atoms with van der Waals surface area (Å²) in [5.41, 5.74) is 2.82. The van der Waals surface area contributed by atoms with Gasteiger partial charge in [0.2, 0.25) is 0 Å². The van der Waals surface area contributed by atoms with Crippen molar-refractivity contribution in [3.05, 3.63) is 66.3 Å². The zero-order valence-corrected chi connectivity index (χ0v) is 20.0. The molecule has 0 aliphatic carbocycles. The normalized spacial score (nSPS) is 11.8. The van der Waals surface area contributed by atoms with Crippen molar-refractivity contribution in [1.29, 1.82) is 0 Å². The van der Waals surface area contributed by atoms with Crippen molar-refractivity contribution in [2.24, 2.45) is 0 Å². The highest BCUT2D eigenvalue weighted by molar-refractivity contribution is 7.18. The van der Waals surface area contributed by atoms with Crippen LogP contribution in [0.2, 0.25) is 0 Å². The average molecular weight is 470 g/mol. The van der Waals surface area contributed by atoms with E-state index in [9.17, 15) is 9.18 Å². The van der Waals surface area contributed by atoms with Crippen LogP contribution in [0.15, 0.2) is 49.1 Å². The number of ether oxygens (including phenoxy) is 1. The number of aromatic nitrogens is 3. The topological polar surface area (TPSA) is 81.1 Å². The molecule has 2 aromatic heterocycles. The van der Waals surface area contributed by atoms with Crippen LogP contribution in [0, 0.1) is 5.82 Å². The van der Waals surface area contributed by atoms with E-state index in [1.807, 2.05) is 38.3 Å². The van der Waals surface area contributed by atoms with E-state index in [0.29, 0.717) is 13.1 Å². The van der Waals surface area contributed by atoms with Crippen LogP contribution in [0.3, 0.4) is 0 Å². The Morgan fingerprint density at radius 1 is 1.27 bits per heavy atom. The van der Waals surface area contributed by atoms with Crippen LogP contribution in [0.5, 0.6) is 0 Å². The number of thiazole rings is 1. The number of imidazole rings is 1. The van der Waals surface area contributed by atoms with Gasteiger partial charge < -0.3 is 19.9 Å². The van der Waals surface area contributed by atoms with E-state index in [0.717, 1.165) is 32.7 Å². The second-order valence-corrected chi connectivity index (χ2v) is 9.36. The number of nitrogens with one attached hydrogen (secondary N) is 2. The van der Waals surface area contributed by atoms with Crippen molar-refractivity contribution in [3.63, 3.8) is 0 Å². The minimum absolute atomic E-state index is 0.267. The molecule has 7 nitrogen and oxygen atoms in total. The summed E-state index contributed by atoms with van der Waals surface area (Å²) in [6.07, 6.45) is 6.66. The van der Waals surface area contributed by atoms with Gasteiger partial charge in [0.05, 0.1) is 22.6 Å². The molecule has 174 valence electrons. The van der Waals surface area contributed by atoms with Gasteiger partial charge in [-0.1, -0.05) is 30.0 Å². The molecule has 0 bridgehead atoms. The maximum Gasteiger partial charge on any atom is 0.407 e. The molecule has 1 aromatic carbocycles. The van der Waals surface area contributed by atoms with E-state index in [2.05, 4.69) is 27.2 Å². The first-order valence-corrected chi connectivity index (χ1v) is 11.3. The molecule has 0 unspecified atom stereocenters. The third-order valence-electron chi connectivity index (χ3n) is 4.41. The maximum atomic E-state index is 13.2. The summed E-state index contributed by atoms with van der Waals surface area (Å²) in [6.45, 7) is 12.1. The number of hydrogen-bond acceptors (Lipinski definition) is 6. The number of hydrogen-bond donors (Lipinski definition) is 2. The summed E-state index contributed by atoms with van der Waals surface area (Å²) in [7, 11) is 0. The molecular weight excluding hydrogens is 441 g/mol. The largest absolute Gasteiger partial charge is 0.444 e. The predicted octanol–water partition coefficient (Wildman–Crippen LogP) is 5.79. The molecule has 2 N–H and O–H groups in total. The van der Waals surface area contributed by atoms with E-state index < -0.39 is 11.7 Å². The molecule has 2 heterocycles. The summed E-state index contributed by atoms with van der Waals surface area (Å²) >= 11 is 1.48. The fourth-order valence-electron chi connectivity index (χ4n) is 2.98. The van der Waals surface area contributed by atoms with Crippen LogP contribution < -0.4 is 10.6 Å². The van der Waals surface area contributed by atoms with Gasteiger partial charge in [-0.3, -0.25) is 0 Å². The van der Waals surface area contributed by atoms with Crippen LogP contribution in [-0.4, -0.2) is 32.8 Å². The predicted molar refractivity (Wildman–Crippen MR) is 131 cm³/mol. The molecular formula is C24H28FN5O2S. The van der Waals surface area contributed by atoms with Crippen molar-refractivity contribution in [1.82, 2.24) is 19.9 Å². The van der Waals surface area contributed by atoms with Crippen molar-refractivity contribution in [3.8, 4) is 10.4 Å². The number of halogens is 1. The number of allylic oxidation sites excluding steroid dienone is 1. The number of benzene rings is 1. The van der Waals surface area contributed by atoms with E-state index in [-0.39, 0.29) is 5.82 Å². The molecule has 0 saturated carbocycles. The van der Waals surface area contributed by atoms with E-state index in [1.54, 1.807) is 30.7 Å². The lowest BCUT2D eigenvalue weighted by molar-refractivity contribution is 0.0526. The Bertz CT molecular complexity index is 1140.